The number of benzene rings is 2. The SMILES string of the molecule is C1CCNCC1.CC(C)c1cc(C(=N)N(C(=N)C(=O)NCC(F)(F)F)c2ccc(S)cc2)c(O)cc1O.O.O. The van der Waals surface area contributed by atoms with Crippen LogP contribution in [0.25, 0.3) is 0 Å². The van der Waals surface area contributed by atoms with Crippen LogP contribution in [0.3, 0.4) is 0 Å². The topological polar surface area (TPSA) is 196 Å². The molecule has 0 aromatic heterocycles. The van der Waals surface area contributed by atoms with Crippen molar-refractivity contribution in [2.45, 2.75) is 50.1 Å². The van der Waals surface area contributed by atoms with Crippen LogP contribution in [0.2, 0.25) is 0 Å². The lowest BCUT2D eigenvalue weighted by atomic mass is 9.98. The Morgan fingerprint density at radius 3 is 2.05 bits per heavy atom. The number of anilines is 1. The molecule has 0 atom stereocenters. The van der Waals surface area contributed by atoms with E-state index in [0.29, 0.717) is 10.5 Å². The standard InChI is InChI=1S/C20H21F3N4O3S.C5H11N.2H2O/c1-10(2)13-7-14(16(29)8-15(13)28)17(24)27(11-3-5-12(31)6-4-11)18(25)19(30)26-9-20(21,22)23;1-2-4-6-5-3-1;;/h3-8,10,24-25,28-29,31H,9H2,1-2H3,(H,26,30);6H,1-5H2;2*1H2. The number of nitrogens with one attached hydrogen (secondary N) is 4. The third-order valence-electron chi connectivity index (χ3n) is 5.45. The van der Waals surface area contributed by atoms with Gasteiger partial charge in [0, 0.05) is 16.6 Å². The molecule has 0 spiro atoms. The average molecular weight is 576 g/mol. The van der Waals surface area contributed by atoms with Crippen LogP contribution in [-0.4, -0.2) is 64.6 Å². The van der Waals surface area contributed by atoms with Gasteiger partial charge in [-0.2, -0.15) is 13.2 Å². The molecule has 0 unspecified atom stereocenters. The van der Waals surface area contributed by atoms with Crippen molar-refractivity contribution in [2.75, 3.05) is 24.5 Å². The summed E-state index contributed by atoms with van der Waals surface area (Å²) in [5.41, 5.74) is 0.398. The summed E-state index contributed by atoms with van der Waals surface area (Å²) in [7, 11) is 0. The molecule has 0 saturated carbocycles. The molecule has 1 fully saturated rings. The van der Waals surface area contributed by atoms with E-state index < -0.39 is 36.0 Å². The molecule has 218 valence electrons. The van der Waals surface area contributed by atoms with Crippen molar-refractivity contribution in [3.8, 4) is 11.5 Å². The second-order valence-electron chi connectivity index (χ2n) is 8.74. The highest BCUT2D eigenvalue weighted by molar-refractivity contribution is 7.80. The molecular formula is C25H36F3N5O5S. The largest absolute Gasteiger partial charge is 0.508 e. The Kier molecular flexibility index (Phi) is 14.6. The van der Waals surface area contributed by atoms with Gasteiger partial charge in [-0.05, 0) is 67.7 Å². The molecule has 2 aromatic rings. The average Bonchev–Trinajstić information content (AvgIpc) is 2.84. The molecule has 0 radical (unpaired) electrons. The zero-order valence-corrected chi connectivity index (χ0v) is 22.5. The Labute approximate surface area is 230 Å². The summed E-state index contributed by atoms with van der Waals surface area (Å²) in [6, 6.07) is 8.22. The number of alkyl halides is 3. The molecule has 1 saturated heterocycles. The predicted molar refractivity (Wildman–Crippen MR) is 148 cm³/mol. The normalized spacial score (nSPS) is 12.7. The maximum atomic E-state index is 12.5. The van der Waals surface area contributed by atoms with E-state index in [-0.39, 0.29) is 33.9 Å². The van der Waals surface area contributed by atoms with Crippen LogP contribution < -0.4 is 15.5 Å². The van der Waals surface area contributed by atoms with E-state index in [4.69, 9.17) is 10.8 Å². The number of carbonyl (C=O) groups excluding carboxylic acids is 1. The van der Waals surface area contributed by atoms with E-state index in [9.17, 15) is 28.2 Å². The molecule has 10 nitrogen and oxygen atoms in total. The number of amides is 1. The van der Waals surface area contributed by atoms with Crippen molar-refractivity contribution in [3.05, 3.63) is 47.5 Å². The highest BCUT2D eigenvalue weighted by atomic mass is 32.1. The molecule has 39 heavy (non-hydrogen) atoms. The van der Waals surface area contributed by atoms with Crippen LogP contribution in [0.15, 0.2) is 41.3 Å². The van der Waals surface area contributed by atoms with E-state index >= 15 is 0 Å². The Morgan fingerprint density at radius 1 is 1.05 bits per heavy atom. The molecule has 2 aromatic carbocycles. The molecule has 1 heterocycles. The molecule has 0 bridgehead atoms. The molecule has 14 heteroatoms. The zero-order valence-electron chi connectivity index (χ0n) is 21.6. The van der Waals surface area contributed by atoms with Crippen LogP contribution in [0, 0.1) is 10.8 Å². The van der Waals surface area contributed by atoms with Gasteiger partial charge in [0.25, 0.3) is 5.91 Å². The number of hydrogen-bond donors (Lipinski definition) is 7. The molecule has 1 aliphatic heterocycles. The van der Waals surface area contributed by atoms with E-state index in [0.717, 1.165) is 11.0 Å². The van der Waals surface area contributed by atoms with Crippen LogP contribution in [0.1, 0.15) is 50.2 Å². The fraction of sp³-hybridized carbons (Fsp3) is 0.400. The van der Waals surface area contributed by atoms with Crippen molar-refractivity contribution in [2.24, 2.45) is 0 Å². The highest BCUT2D eigenvalue weighted by Crippen LogP contribution is 2.33. The van der Waals surface area contributed by atoms with Gasteiger partial charge in [-0.25, -0.2) is 0 Å². The summed E-state index contributed by atoms with van der Waals surface area (Å²) < 4.78 is 37.4. The Bertz CT molecular complexity index is 1100. The molecule has 10 N–H and O–H groups in total. The minimum atomic E-state index is -4.68. The summed E-state index contributed by atoms with van der Waals surface area (Å²) in [4.78, 5) is 13.6. The first-order valence-electron chi connectivity index (χ1n) is 11.7. The lowest BCUT2D eigenvalue weighted by molar-refractivity contribution is -0.134. The Hall–Kier alpha value is -3.33. The molecule has 3 rings (SSSR count). The fourth-order valence-electron chi connectivity index (χ4n) is 3.51. The summed E-state index contributed by atoms with van der Waals surface area (Å²) in [5.74, 6) is -3.74. The maximum absolute atomic E-state index is 12.5. The molecular weight excluding hydrogens is 539 g/mol. The first kappa shape index (κ1) is 35.7. The van der Waals surface area contributed by atoms with Gasteiger partial charge in [0.05, 0.1) is 5.56 Å². The van der Waals surface area contributed by atoms with Crippen LogP contribution in [-0.2, 0) is 4.79 Å². The number of amidine groups is 2. The molecule has 1 aliphatic rings. The van der Waals surface area contributed by atoms with Gasteiger partial charge in [0.2, 0.25) is 0 Å². The predicted octanol–water partition coefficient (Wildman–Crippen LogP) is 3.11. The van der Waals surface area contributed by atoms with Crippen molar-refractivity contribution < 1.29 is 39.1 Å². The quantitative estimate of drug-likeness (QED) is 0.167. The van der Waals surface area contributed by atoms with E-state index in [1.807, 2.05) is 0 Å². The summed E-state index contributed by atoms with van der Waals surface area (Å²) in [6.45, 7) is 4.40. The minimum Gasteiger partial charge on any atom is -0.508 e. The second kappa shape index (κ2) is 15.9. The van der Waals surface area contributed by atoms with Crippen molar-refractivity contribution >= 4 is 35.9 Å². The number of piperidine rings is 1. The zero-order chi connectivity index (χ0) is 27.8. The maximum Gasteiger partial charge on any atom is 0.405 e. The van der Waals surface area contributed by atoms with E-state index in [1.54, 1.807) is 19.2 Å². The first-order valence-corrected chi connectivity index (χ1v) is 12.1. The lowest BCUT2D eigenvalue weighted by Crippen LogP contribution is -2.48. The van der Waals surface area contributed by atoms with Gasteiger partial charge in [-0.15, -0.1) is 12.6 Å². The highest BCUT2D eigenvalue weighted by Gasteiger charge is 2.31. The number of nitrogens with zero attached hydrogens (tertiary/aromatic N) is 1. The number of hydrogen-bond acceptors (Lipinski definition) is 7. The summed E-state index contributed by atoms with van der Waals surface area (Å²) >= 11 is 4.14. The van der Waals surface area contributed by atoms with Gasteiger partial charge >= 0.3 is 6.18 Å². The Morgan fingerprint density at radius 2 is 1.62 bits per heavy atom. The smallest absolute Gasteiger partial charge is 0.405 e. The third kappa shape index (κ3) is 10.8. The van der Waals surface area contributed by atoms with Crippen molar-refractivity contribution in [1.82, 2.24) is 10.6 Å². The van der Waals surface area contributed by atoms with Gasteiger partial charge < -0.3 is 31.8 Å². The number of thiol groups is 1. The van der Waals surface area contributed by atoms with Gasteiger partial charge in [-0.1, -0.05) is 20.3 Å². The van der Waals surface area contributed by atoms with Gasteiger partial charge in [0.15, 0.2) is 5.84 Å². The summed E-state index contributed by atoms with van der Waals surface area (Å²) in [6.07, 6.45) is -0.462. The number of phenolic OH excluding ortho intramolecular Hbond substituents is 2. The first-order chi connectivity index (χ1) is 17.3. The second-order valence-corrected chi connectivity index (χ2v) is 9.26. The van der Waals surface area contributed by atoms with Gasteiger partial charge in [-0.3, -0.25) is 20.5 Å². The summed E-state index contributed by atoms with van der Waals surface area (Å²) in [5, 5.41) is 41.9. The Balaban J connectivity index is 0.00000159. The van der Waals surface area contributed by atoms with Crippen LogP contribution in [0.4, 0.5) is 18.9 Å². The minimum absolute atomic E-state index is 0. The lowest BCUT2D eigenvalue weighted by Gasteiger charge is -2.26. The number of phenols is 2. The van der Waals surface area contributed by atoms with Crippen LogP contribution in [0.5, 0.6) is 11.5 Å². The number of aromatic hydroxyl groups is 2. The van der Waals surface area contributed by atoms with E-state index in [1.165, 1.54) is 62.7 Å². The monoisotopic (exact) mass is 575 g/mol. The molecule has 1 amide bonds. The third-order valence-corrected chi connectivity index (χ3v) is 5.75. The fourth-order valence-corrected chi connectivity index (χ4v) is 3.65. The number of rotatable bonds is 4. The number of carbonyl (C=O) groups is 1. The molecule has 0 aliphatic carbocycles. The van der Waals surface area contributed by atoms with Crippen molar-refractivity contribution in [3.63, 3.8) is 0 Å². The van der Waals surface area contributed by atoms with Crippen LogP contribution >= 0.6 is 12.6 Å². The van der Waals surface area contributed by atoms with E-state index in [2.05, 4.69) is 17.9 Å². The number of halogens is 3. The van der Waals surface area contributed by atoms with Gasteiger partial charge in [0.1, 0.15) is 23.9 Å². The van der Waals surface area contributed by atoms with Crippen molar-refractivity contribution in [1.29, 1.82) is 10.8 Å².